The van der Waals surface area contributed by atoms with Crippen LogP contribution in [-0.4, -0.2) is 38.4 Å². The van der Waals surface area contributed by atoms with Crippen molar-refractivity contribution in [1.29, 1.82) is 0 Å². The lowest BCUT2D eigenvalue weighted by atomic mass is 10.2. The van der Waals surface area contributed by atoms with Crippen molar-refractivity contribution in [1.82, 2.24) is 24.1 Å². The highest BCUT2D eigenvalue weighted by atomic mass is 16.5. The van der Waals surface area contributed by atoms with Gasteiger partial charge in [-0.05, 0) is 25.1 Å². The summed E-state index contributed by atoms with van der Waals surface area (Å²) in [4.78, 5) is 21.4. The Hall–Kier alpha value is -3.42. The van der Waals surface area contributed by atoms with E-state index in [4.69, 9.17) is 9.47 Å². The Morgan fingerprint density at radius 2 is 1.92 bits per heavy atom. The fourth-order valence-electron chi connectivity index (χ4n) is 2.91. The van der Waals surface area contributed by atoms with Crippen LogP contribution in [0, 0.1) is 6.92 Å². The van der Waals surface area contributed by atoms with Crippen molar-refractivity contribution < 1.29 is 9.47 Å². The molecule has 0 N–H and O–H groups in total. The molecular weight excluding hydrogens is 322 g/mol. The van der Waals surface area contributed by atoms with Crippen molar-refractivity contribution in [2.75, 3.05) is 14.2 Å². The lowest BCUT2D eigenvalue weighted by Gasteiger charge is -2.15. The van der Waals surface area contributed by atoms with Gasteiger partial charge in [0.05, 0.1) is 30.8 Å². The first-order valence-corrected chi connectivity index (χ1v) is 7.57. The fraction of sp³-hybridized carbons (Fsp3) is 0.176. The Morgan fingerprint density at radius 3 is 2.68 bits per heavy atom. The zero-order valence-corrected chi connectivity index (χ0v) is 13.9. The van der Waals surface area contributed by atoms with Gasteiger partial charge in [0.15, 0.2) is 0 Å². The highest BCUT2D eigenvalue weighted by Gasteiger charge is 2.15. The monoisotopic (exact) mass is 337 g/mol. The van der Waals surface area contributed by atoms with Crippen LogP contribution in [0.4, 0.5) is 0 Å². The van der Waals surface area contributed by atoms with Crippen molar-refractivity contribution in [3.63, 3.8) is 0 Å². The van der Waals surface area contributed by atoms with Crippen LogP contribution in [0.25, 0.3) is 22.4 Å². The first-order valence-electron chi connectivity index (χ1n) is 7.57. The van der Waals surface area contributed by atoms with Crippen molar-refractivity contribution in [2.45, 2.75) is 6.92 Å². The average molecular weight is 337 g/mol. The van der Waals surface area contributed by atoms with E-state index in [0.29, 0.717) is 33.9 Å². The largest absolute Gasteiger partial charge is 0.497 e. The summed E-state index contributed by atoms with van der Waals surface area (Å²) < 4.78 is 13.8. The van der Waals surface area contributed by atoms with Gasteiger partial charge in [-0.3, -0.25) is 9.36 Å². The van der Waals surface area contributed by atoms with E-state index in [-0.39, 0.29) is 5.56 Å². The standard InChI is InChI=1S/C17H15N5O3/c1-10-6-14-12(8-18-17-19-9-20-22(14)17)16(23)21(10)13-5-4-11(24-2)7-15(13)25-3/h4-9H,1-3H3. The van der Waals surface area contributed by atoms with Crippen LogP contribution in [0.2, 0.25) is 0 Å². The van der Waals surface area contributed by atoms with Gasteiger partial charge < -0.3 is 9.47 Å². The topological polar surface area (TPSA) is 83.5 Å². The molecular formula is C17H15N5O3. The third kappa shape index (κ3) is 2.22. The summed E-state index contributed by atoms with van der Waals surface area (Å²) in [6, 6.07) is 7.19. The predicted molar refractivity (Wildman–Crippen MR) is 91.7 cm³/mol. The number of hydrogen-bond acceptors (Lipinski definition) is 6. The zero-order valence-electron chi connectivity index (χ0n) is 13.9. The number of methoxy groups -OCH3 is 2. The molecule has 3 aromatic heterocycles. The predicted octanol–water partition coefficient (Wildman–Crippen LogP) is 1.75. The molecule has 0 atom stereocenters. The van der Waals surface area contributed by atoms with Crippen LogP contribution in [-0.2, 0) is 0 Å². The molecule has 0 unspecified atom stereocenters. The Morgan fingerprint density at radius 1 is 1.08 bits per heavy atom. The van der Waals surface area contributed by atoms with Crippen LogP contribution in [0.1, 0.15) is 5.69 Å². The number of pyridine rings is 1. The molecule has 0 aliphatic heterocycles. The number of nitrogens with zero attached hydrogens (tertiary/aromatic N) is 5. The van der Waals surface area contributed by atoms with Gasteiger partial charge >= 0.3 is 0 Å². The van der Waals surface area contributed by atoms with Crippen LogP contribution in [0.15, 0.2) is 41.6 Å². The third-order valence-electron chi connectivity index (χ3n) is 4.10. The normalized spacial score (nSPS) is 11.2. The highest BCUT2D eigenvalue weighted by molar-refractivity contribution is 5.79. The molecule has 4 aromatic rings. The summed E-state index contributed by atoms with van der Waals surface area (Å²) in [5.74, 6) is 1.64. The molecule has 8 heteroatoms. The van der Waals surface area contributed by atoms with Gasteiger partial charge in [-0.15, -0.1) is 0 Å². The summed E-state index contributed by atoms with van der Waals surface area (Å²) in [6.45, 7) is 1.85. The first-order chi connectivity index (χ1) is 12.1. The second-order valence-corrected chi connectivity index (χ2v) is 5.49. The molecule has 0 bridgehead atoms. The maximum atomic E-state index is 13.1. The van der Waals surface area contributed by atoms with Gasteiger partial charge in [0, 0.05) is 18.0 Å². The fourth-order valence-corrected chi connectivity index (χ4v) is 2.91. The summed E-state index contributed by atoms with van der Waals surface area (Å²) in [5, 5.41) is 4.59. The molecule has 25 heavy (non-hydrogen) atoms. The van der Waals surface area contributed by atoms with Crippen molar-refractivity contribution in [2.24, 2.45) is 0 Å². The average Bonchev–Trinajstić information content (AvgIpc) is 3.11. The Kier molecular flexibility index (Phi) is 3.38. The molecule has 4 rings (SSSR count). The molecule has 0 fully saturated rings. The van der Waals surface area contributed by atoms with Crippen molar-refractivity contribution >= 4 is 16.7 Å². The van der Waals surface area contributed by atoms with Crippen LogP contribution < -0.4 is 15.0 Å². The Balaban J connectivity index is 2.06. The molecule has 0 saturated heterocycles. The molecule has 0 aliphatic rings. The third-order valence-corrected chi connectivity index (χ3v) is 4.10. The number of aryl methyl sites for hydroxylation is 1. The first kappa shape index (κ1) is 15.1. The number of benzene rings is 1. The van der Waals surface area contributed by atoms with Crippen LogP contribution in [0.5, 0.6) is 11.5 Å². The van der Waals surface area contributed by atoms with E-state index in [9.17, 15) is 4.79 Å². The number of rotatable bonds is 3. The molecule has 0 aliphatic carbocycles. The smallest absolute Gasteiger partial charge is 0.266 e. The van der Waals surface area contributed by atoms with Crippen molar-refractivity contribution in [3.8, 4) is 17.2 Å². The minimum absolute atomic E-state index is 0.205. The van der Waals surface area contributed by atoms with E-state index in [0.717, 1.165) is 5.69 Å². The SMILES string of the molecule is COc1ccc(-n2c(C)cc3c(cnc4ncnn43)c2=O)c(OC)c1. The van der Waals surface area contributed by atoms with E-state index in [1.165, 1.54) is 12.5 Å². The van der Waals surface area contributed by atoms with Gasteiger partial charge in [-0.25, -0.2) is 4.98 Å². The molecule has 0 amide bonds. The van der Waals surface area contributed by atoms with Gasteiger partial charge in [0.25, 0.3) is 11.3 Å². The summed E-state index contributed by atoms with van der Waals surface area (Å²) >= 11 is 0. The van der Waals surface area contributed by atoms with Crippen LogP contribution in [0.3, 0.4) is 0 Å². The van der Waals surface area contributed by atoms with Crippen molar-refractivity contribution in [3.05, 3.63) is 52.8 Å². The molecule has 0 radical (unpaired) electrons. The lowest BCUT2D eigenvalue weighted by molar-refractivity contribution is 0.393. The minimum Gasteiger partial charge on any atom is -0.497 e. The quantitative estimate of drug-likeness (QED) is 0.566. The molecule has 1 aromatic carbocycles. The van der Waals surface area contributed by atoms with E-state index in [2.05, 4.69) is 15.1 Å². The summed E-state index contributed by atoms with van der Waals surface area (Å²) in [5.41, 5.74) is 1.83. The van der Waals surface area contributed by atoms with Gasteiger partial charge in [0.2, 0.25) is 0 Å². The Labute approximate surface area is 142 Å². The summed E-state index contributed by atoms with van der Waals surface area (Å²) in [6.07, 6.45) is 2.93. The second kappa shape index (κ2) is 5.59. The van der Waals surface area contributed by atoms with E-state index in [1.807, 2.05) is 13.0 Å². The lowest BCUT2D eigenvalue weighted by Crippen LogP contribution is -2.22. The number of ether oxygens (including phenoxy) is 2. The molecule has 0 saturated carbocycles. The van der Waals surface area contributed by atoms with E-state index in [1.54, 1.807) is 41.5 Å². The maximum Gasteiger partial charge on any atom is 0.266 e. The molecule has 126 valence electrons. The Bertz CT molecular complexity index is 1160. The second-order valence-electron chi connectivity index (χ2n) is 5.49. The van der Waals surface area contributed by atoms with Gasteiger partial charge in [-0.2, -0.15) is 14.6 Å². The number of hydrogen-bond donors (Lipinski definition) is 0. The van der Waals surface area contributed by atoms with E-state index >= 15 is 0 Å². The van der Waals surface area contributed by atoms with Gasteiger partial charge in [-0.1, -0.05) is 0 Å². The zero-order chi connectivity index (χ0) is 17.6. The number of fused-ring (bicyclic) bond motifs is 3. The van der Waals surface area contributed by atoms with Gasteiger partial charge in [0.1, 0.15) is 17.8 Å². The minimum atomic E-state index is -0.205. The molecule has 8 nitrogen and oxygen atoms in total. The van der Waals surface area contributed by atoms with Crippen LogP contribution >= 0.6 is 0 Å². The maximum absolute atomic E-state index is 13.1. The molecule has 3 heterocycles. The number of aromatic nitrogens is 5. The molecule has 0 spiro atoms. The summed E-state index contributed by atoms with van der Waals surface area (Å²) in [7, 11) is 3.14. The highest BCUT2D eigenvalue weighted by Crippen LogP contribution is 2.28. The van der Waals surface area contributed by atoms with E-state index < -0.39 is 0 Å².